The number of nitrogens with two attached hydrogens (primary N) is 1. The molecule has 0 bridgehead atoms. The second-order valence-electron chi connectivity index (χ2n) is 4.00. The van der Waals surface area contributed by atoms with Gasteiger partial charge in [-0.05, 0) is 25.5 Å². The van der Waals surface area contributed by atoms with Crippen LogP contribution in [0.3, 0.4) is 0 Å². The summed E-state index contributed by atoms with van der Waals surface area (Å²) in [6, 6.07) is 3.01. The van der Waals surface area contributed by atoms with Gasteiger partial charge in [0.05, 0.1) is 11.9 Å². The Balaban J connectivity index is 2.99. The topological polar surface area (TPSA) is 71.0 Å². The molecule has 1 rings (SSSR count). The predicted octanol–water partition coefficient (Wildman–Crippen LogP) is 2.14. The van der Waals surface area contributed by atoms with Gasteiger partial charge in [-0.2, -0.15) is 5.10 Å². The van der Waals surface area contributed by atoms with Crippen molar-refractivity contribution in [2.24, 2.45) is 15.9 Å². The van der Waals surface area contributed by atoms with Gasteiger partial charge < -0.3 is 10.9 Å². The summed E-state index contributed by atoms with van der Waals surface area (Å²) < 4.78 is 26.0. The van der Waals surface area contributed by atoms with Crippen LogP contribution in [0.2, 0.25) is 0 Å². The Kier molecular flexibility index (Phi) is 4.49. The van der Waals surface area contributed by atoms with Gasteiger partial charge in [-0.25, -0.2) is 8.78 Å². The molecule has 1 unspecified atom stereocenters. The van der Waals surface area contributed by atoms with Gasteiger partial charge in [0.15, 0.2) is 5.82 Å². The Bertz CT molecular complexity index is 484. The van der Waals surface area contributed by atoms with Crippen LogP contribution in [0.4, 0.5) is 14.5 Å². The highest BCUT2D eigenvalue weighted by atomic mass is 19.1. The number of hydrogen-bond acceptors (Lipinski definition) is 4. The van der Waals surface area contributed by atoms with E-state index in [2.05, 4.69) is 10.1 Å². The predicted molar refractivity (Wildman–Crippen MR) is 67.0 cm³/mol. The molecule has 0 saturated heterocycles. The van der Waals surface area contributed by atoms with Crippen LogP contribution in [-0.4, -0.2) is 22.6 Å². The number of hydrazone groups is 1. The Hall–Kier alpha value is -1.82. The highest BCUT2D eigenvalue weighted by Gasteiger charge is 2.24. The average Bonchev–Trinajstić information content (AvgIpc) is 2.32. The van der Waals surface area contributed by atoms with Gasteiger partial charge in [0.2, 0.25) is 0 Å². The van der Waals surface area contributed by atoms with Crippen LogP contribution in [0.15, 0.2) is 28.3 Å². The SMILES string of the molecule is CCC(C)(O)C(C=Nc1ccc(F)cc1F)=NN. The minimum Gasteiger partial charge on any atom is -0.384 e. The maximum absolute atomic E-state index is 13.3. The summed E-state index contributed by atoms with van der Waals surface area (Å²) in [6.07, 6.45) is 1.54. The first-order valence-electron chi connectivity index (χ1n) is 5.40. The van der Waals surface area contributed by atoms with E-state index in [1.165, 1.54) is 19.2 Å². The zero-order valence-electron chi connectivity index (χ0n) is 10.2. The standard InChI is InChI=1S/C12H15F2N3O/c1-3-12(2,18)11(17-15)7-16-10-5-4-8(13)6-9(10)14/h4-7,18H,3,15H2,1-2H3. The number of nitrogens with zero attached hydrogens (tertiary/aromatic N) is 2. The summed E-state index contributed by atoms with van der Waals surface area (Å²) in [5, 5.41) is 13.3. The van der Waals surface area contributed by atoms with Crippen LogP contribution in [0.5, 0.6) is 0 Å². The highest BCUT2D eigenvalue weighted by Crippen LogP contribution is 2.18. The zero-order chi connectivity index (χ0) is 13.8. The molecule has 0 heterocycles. The number of aliphatic hydroxyl groups is 1. The first kappa shape index (κ1) is 14.2. The molecule has 98 valence electrons. The van der Waals surface area contributed by atoms with Crippen LogP contribution in [0, 0.1) is 11.6 Å². The van der Waals surface area contributed by atoms with Gasteiger partial charge >= 0.3 is 0 Å². The molecule has 0 aliphatic carbocycles. The first-order chi connectivity index (χ1) is 8.40. The average molecular weight is 255 g/mol. The van der Waals surface area contributed by atoms with Crippen LogP contribution < -0.4 is 5.84 Å². The van der Waals surface area contributed by atoms with Crippen molar-refractivity contribution in [2.75, 3.05) is 0 Å². The molecule has 1 aromatic rings. The van der Waals surface area contributed by atoms with E-state index >= 15 is 0 Å². The number of rotatable bonds is 4. The first-order valence-corrected chi connectivity index (χ1v) is 5.40. The van der Waals surface area contributed by atoms with Crippen molar-refractivity contribution in [3.63, 3.8) is 0 Å². The molecule has 4 nitrogen and oxygen atoms in total. The fraction of sp³-hybridized carbons (Fsp3) is 0.333. The van der Waals surface area contributed by atoms with Crippen LogP contribution in [0.25, 0.3) is 0 Å². The third kappa shape index (κ3) is 3.33. The largest absolute Gasteiger partial charge is 0.384 e. The van der Waals surface area contributed by atoms with E-state index in [0.29, 0.717) is 6.42 Å². The molecule has 0 aliphatic heterocycles. The third-order valence-electron chi connectivity index (χ3n) is 2.61. The molecule has 1 aromatic carbocycles. The summed E-state index contributed by atoms with van der Waals surface area (Å²) in [5.41, 5.74) is -1.17. The molecule has 3 N–H and O–H groups in total. The lowest BCUT2D eigenvalue weighted by atomic mass is 9.98. The monoisotopic (exact) mass is 255 g/mol. The Morgan fingerprint density at radius 3 is 2.67 bits per heavy atom. The van der Waals surface area contributed by atoms with Crippen molar-refractivity contribution < 1.29 is 13.9 Å². The van der Waals surface area contributed by atoms with Crippen LogP contribution in [-0.2, 0) is 0 Å². The lowest BCUT2D eigenvalue weighted by Crippen LogP contribution is -2.36. The molecule has 0 spiro atoms. The van der Waals surface area contributed by atoms with Gasteiger partial charge in [-0.1, -0.05) is 6.92 Å². The van der Waals surface area contributed by atoms with E-state index < -0.39 is 17.2 Å². The lowest BCUT2D eigenvalue weighted by molar-refractivity contribution is 0.130. The summed E-state index contributed by atoms with van der Waals surface area (Å²) in [7, 11) is 0. The van der Waals surface area contributed by atoms with Crippen LogP contribution in [0.1, 0.15) is 20.3 Å². The van der Waals surface area contributed by atoms with E-state index in [-0.39, 0.29) is 11.4 Å². The van der Waals surface area contributed by atoms with E-state index in [9.17, 15) is 13.9 Å². The van der Waals surface area contributed by atoms with Crippen molar-refractivity contribution in [2.45, 2.75) is 25.9 Å². The normalized spacial score (nSPS) is 15.9. The summed E-state index contributed by atoms with van der Waals surface area (Å²) >= 11 is 0. The molecule has 0 radical (unpaired) electrons. The molecule has 1 atom stereocenters. The second-order valence-corrected chi connectivity index (χ2v) is 4.00. The van der Waals surface area contributed by atoms with E-state index in [1.54, 1.807) is 6.92 Å². The smallest absolute Gasteiger partial charge is 0.151 e. The van der Waals surface area contributed by atoms with Crippen LogP contribution >= 0.6 is 0 Å². The molecular weight excluding hydrogens is 240 g/mol. The number of aliphatic imine (C=N–C) groups is 1. The van der Waals surface area contributed by atoms with Crippen molar-refractivity contribution >= 4 is 17.6 Å². The van der Waals surface area contributed by atoms with E-state index in [0.717, 1.165) is 12.1 Å². The Morgan fingerprint density at radius 2 is 2.17 bits per heavy atom. The Labute approximate surface area is 104 Å². The maximum Gasteiger partial charge on any atom is 0.151 e. The van der Waals surface area contributed by atoms with Gasteiger partial charge in [0, 0.05) is 6.07 Å². The third-order valence-corrected chi connectivity index (χ3v) is 2.61. The maximum atomic E-state index is 13.3. The van der Waals surface area contributed by atoms with E-state index in [1.807, 2.05) is 0 Å². The molecule has 0 fully saturated rings. The van der Waals surface area contributed by atoms with Gasteiger partial charge in [0.1, 0.15) is 17.1 Å². The van der Waals surface area contributed by atoms with Crippen molar-refractivity contribution in [3.05, 3.63) is 29.8 Å². The minimum atomic E-state index is -1.24. The quantitative estimate of drug-likeness (QED) is 0.491. The molecular formula is C12H15F2N3O. The fourth-order valence-electron chi connectivity index (χ4n) is 1.21. The molecule has 0 aromatic heterocycles. The zero-order valence-corrected chi connectivity index (χ0v) is 10.2. The van der Waals surface area contributed by atoms with Crippen molar-refractivity contribution in [1.82, 2.24) is 0 Å². The fourth-order valence-corrected chi connectivity index (χ4v) is 1.21. The molecule has 0 saturated carbocycles. The van der Waals surface area contributed by atoms with Crippen molar-refractivity contribution in [1.29, 1.82) is 0 Å². The summed E-state index contributed by atoms with van der Waals surface area (Å²) in [6.45, 7) is 3.27. The van der Waals surface area contributed by atoms with Gasteiger partial charge in [-0.3, -0.25) is 4.99 Å². The van der Waals surface area contributed by atoms with Gasteiger partial charge in [0.25, 0.3) is 0 Å². The second kappa shape index (κ2) is 5.68. The lowest BCUT2D eigenvalue weighted by Gasteiger charge is -2.19. The number of halogens is 2. The molecule has 18 heavy (non-hydrogen) atoms. The molecule has 0 aliphatic rings. The number of hydrogen-bond donors (Lipinski definition) is 2. The molecule has 6 heteroatoms. The van der Waals surface area contributed by atoms with Gasteiger partial charge in [-0.15, -0.1) is 0 Å². The summed E-state index contributed by atoms with van der Waals surface area (Å²) in [5.74, 6) is 3.67. The Morgan fingerprint density at radius 1 is 1.50 bits per heavy atom. The highest BCUT2D eigenvalue weighted by molar-refractivity contribution is 6.34. The van der Waals surface area contributed by atoms with Crippen molar-refractivity contribution in [3.8, 4) is 0 Å². The minimum absolute atomic E-state index is 0.0514. The number of benzene rings is 1. The summed E-state index contributed by atoms with van der Waals surface area (Å²) in [4.78, 5) is 3.79. The molecule has 0 amide bonds. The van der Waals surface area contributed by atoms with E-state index in [4.69, 9.17) is 5.84 Å².